The molecule has 0 saturated carbocycles. The van der Waals surface area contributed by atoms with Crippen molar-refractivity contribution in [1.82, 2.24) is 20.7 Å². The van der Waals surface area contributed by atoms with E-state index < -0.39 is 46.2 Å². The Labute approximate surface area is 338 Å². The molecule has 0 unspecified atom stereocenters. The van der Waals surface area contributed by atoms with E-state index in [2.05, 4.69) is 20.7 Å². The molecule has 13 nitrogen and oxygen atoms in total. The van der Waals surface area contributed by atoms with Crippen molar-refractivity contribution < 1.29 is 41.8 Å². The molecular weight excluding hydrogens is 761 g/mol. The van der Waals surface area contributed by atoms with Crippen LogP contribution in [-0.4, -0.2) is 51.7 Å². The Morgan fingerprint density at radius 2 is 0.948 bits per heavy atom. The summed E-state index contributed by atoms with van der Waals surface area (Å²) in [6.07, 6.45) is -1.29. The van der Waals surface area contributed by atoms with Gasteiger partial charge >= 0.3 is 18.2 Å². The second kappa shape index (κ2) is 21.7. The smallest absolute Gasteiger partial charge is 0.407 e. The zero-order chi connectivity index (χ0) is 41.2. The van der Waals surface area contributed by atoms with Gasteiger partial charge in [0.1, 0.15) is 25.3 Å². The molecular formula is C44H46N4O9S. The van der Waals surface area contributed by atoms with Crippen LogP contribution in [0, 0.1) is 0 Å². The SMILES string of the molecule is COC(=O)[C@H](Cc1cccc(CNC(=O)OCc2ccccc2)c1)NC(=O)[C@@H](Cc1cccc(CNC(=O)OCc2ccccc2)c1)NS(=O)(=O)Cc1ccccc1. The van der Waals surface area contributed by atoms with Gasteiger partial charge in [-0.05, 0) is 45.4 Å². The highest BCUT2D eigenvalue weighted by Gasteiger charge is 2.30. The fraction of sp³-hybridized carbons (Fsp3) is 0.227. The van der Waals surface area contributed by atoms with Crippen LogP contribution in [-0.2, 0) is 78.7 Å². The predicted molar refractivity (Wildman–Crippen MR) is 217 cm³/mol. The topological polar surface area (TPSA) is 178 Å². The Bertz CT molecular complexity index is 2220. The molecule has 5 aromatic rings. The van der Waals surface area contributed by atoms with Crippen LogP contribution in [0.5, 0.6) is 0 Å². The Balaban J connectivity index is 1.25. The minimum absolute atomic E-state index is 0.00964. The number of hydrogen-bond acceptors (Lipinski definition) is 9. The molecule has 4 N–H and O–H groups in total. The van der Waals surface area contributed by atoms with E-state index in [0.717, 1.165) is 16.7 Å². The van der Waals surface area contributed by atoms with Crippen molar-refractivity contribution in [2.75, 3.05) is 7.11 Å². The van der Waals surface area contributed by atoms with Gasteiger partial charge in [0.15, 0.2) is 0 Å². The van der Waals surface area contributed by atoms with Crippen LogP contribution in [0.15, 0.2) is 140 Å². The minimum Gasteiger partial charge on any atom is -0.467 e. The molecule has 302 valence electrons. The fourth-order valence-corrected chi connectivity index (χ4v) is 7.29. The summed E-state index contributed by atoms with van der Waals surface area (Å²) >= 11 is 0. The number of esters is 1. The van der Waals surface area contributed by atoms with Crippen LogP contribution in [0.2, 0.25) is 0 Å². The van der Waals surface area contributed by atoms with E-state index in [9.17, 15) is 27.6 Å². The highest BCUT2D eigenvalue weighted by molar-refractivity contribution is 7.88. The second-order valence-corrected chi connectivity index (χ2v) is 15.1. The van der Waals surface area contributed by atoms with E-state index in [1.54, 1.807) is 78.9 Å². The number of benzene rings is 5. The standard InChI is InChI=1S/C44H46N4O9S/c1-55-42(50)40(26-36-20-12-22-38(24-36)28-46-44(52)57-30-33-15-7-3-8-16-33)47-41(49)39(48-58(53,54)31-34-17-9-4-10-18-34)25-35-19-11-21-37(23-35)27-45-43(51)56-29-32-13-5-2-6-14-32/h2-24,39-40,48H,25-31H2,1H3,(H,45,51)(H,46,52)(H,47,49)/t39-,40+/m1/s1. The van der Waals surface area contributed by atoms with E-state index in [1.165, 1.54) is 7.11 Å². The van der Waals surface area contributed by atoms with Crippen LogP contribution in [0.4, 0.5) is 9.59 Å². The first kappa shape index (κ1) is 42.6. The third-order valence-electron chi connectivity index (χ3n) is 8.80. The fourth-order valence-electron chi connectivity index (χ4n) is 5.95. The number of amides is 3. The maximum atomic E-state index is 14.0. The summed E-state index contributed by atoms with van der Waals surface area (Å²) in [4.78, 5) is 51.8. The molecule has 0 aliphatic rings. The van der Waals surface area contributed by atoms with Crippen LogP contribution >= 0.6 is 0 Å². The summed E-state index contributed by atoms with van der Waals surface area (Å²) in [5, 5.41) is 8.12. The lowest BCUT2D eigenvalue weighted by molar-refractivity contribution is -0.145. The first-order chi connectivity index (χ1) is 28.0. The zero-order valence-electron chi connectivity index (χ0n) is 32.0. The summed E-state index contributed by atoms with van der Waals surface area (Å²) in [5.74, 6) is -1.87. The van der Waals surface area contributed by atoms with Crippen molar-refractivity contribution in [3.63, 3.8) is 0 Å². The van der Waals surface area contributed by atoms with Crippen LogP contribution in [0.3, 0.4) is 0 Å². The molecule has 0 fully saturated rings. The lowest BCUT2D eigenvalue weighted by Crippen LogP contribution is -2.53. The van der Waals surface area contributed by atoms with E-state index in [1.807, 2.05) is 60.7 Å². The number of alkyl carbamates (subject to hydrolysis) is 2. The quantitative estimate of drug-likeness (QED) is 0.0623. The van der Waals surface area contributed by atoms with Gasteiger partial charge in [-0.1, -0.05) is 140 Å². The molecule has 2 atom stereocenters. The first-order valence-corrected chi connectivity index (χ1v) is 20.2. The number of carbonyl (C=O) groups is 4. The van der Waals surface area contributed by atoms with Crippen LogP contribution in [0.25, 0.3) is 0 Å². The van der Waals surface area contributed by atoms with Gasteiger partial charge in [0, 0.05) is 19.5 Å². The predicted octanol–water partition coefficient (Wildman–Crippen LogP) is 5.47. The van der Waals surface area contributed by atoms with Crippen molar-refractivity contribution in [1.29, 1.82) is 0 Å². The molecule has 0 radical (unpaired) electrons. The summed E-state index contributed by atoms with van der Waals surface area (Å²) in [6, 6.07) is 38.6. The zero-order valence-corrected chi connectivity index (χ0v) is 32.8. The van der Waals surface area contributed by atoms with Gasteiger partial charge in [-0.15, -0.1) is 0 Å². The lowest BCUT2D eigenvalue weighted by atomic mass is 10.0. The second-order valence-electron chi connectivity index (χ2n) is 13.4. The molecule has 0 aliphatic carbocycles. The number of sulfonamides is 1. The Morgan fingerprint density at radius 1 is 0.534 bits per heavy atom. The van der Waals surface area contributed by atoms with Crippen molar-refractivity contribution in [3.05, 3.63) is 178 Å². The Morgan fingerprint density at radius 3 is 1.41 bits per heavy atom. The van der Waals surface area contributed by atoms with Gasteiger partial charge in [0.25, 0.3) is 0 Å². The minimum atomic E-state index is -4.06. The van der Waals surface area contributed by atoms with Crippen molar-refractivity contribution in [3.8, 4) is 0 Å². The Hall–Kier alpha value is -6.51. The van der Waals surface area contributed by atoms with E-state index in [0.29, 0.717) is 22.3 Å². The number of carbonyl (C=O) groups excluding carboxylic acids is 4. The average Bonchev–Trinajstić information content (AvgIpc) is 3.23. The lowest BCUT2D eigenvalue weighted by Gasteiger charge is -2.23. The van der Waals surface area contributed by atoms with E-state index in [4.69, 9.17) is 14.2 Å². The number of ether oxygens (including phenoxy) is 3. The summed E-state index contributed by atoms with van der Waals surface area (Å²) in [6.45, 7) is 0.483. The first-order valence-electron chi connectivity index (χ1n) is 18.5. The van der Waals surface area contributed by atoms with E-state index >= 15 is 0 Å². The van der Waals surface area contributed by atoms with Gasteiger partial charge in [0.05, 0.1) is 12.9 Å². The van der Waals surface area contributed by atoms with Crippen molar-refractivity contribution in [2.24, 2.45) is 0 Å². The molecule has 0 bridgehead atoms. The molecule has 0 heterocycles. The molecule has 0 aliphatic heterocycles. The van der Waals surface area contributed by atoms with Gasteiger partial charge in [0.2, 0.25) is 15.9 Å². The number of hydrogen-bond donors (Lipinski definition) is 4. The summed E-state index contributed by atoms with van der Waals surface area (Å²) in [5.41, 5.74) is 4.86. The van der Waals surface area contributed by atoms with Crippen LogP contribution in [0.1, 0.15) is 38.9 Å². The molecule has 0 spiro atoms. The third-order valence-corrected chi connectivity index (χ3v) is 10.2. The highest BCUT2D eigenvalue weighted by Crippen LogP contribution is 2.14. The number of methoxy groups -OCH3 is 1. The maximum absolute atomic E-state index is 14.0. The Kier molecular flexibility index (Phi) is 15.9. The molecule has 0 saturated heterocycles. The number of rotatable bonds is 19. The average molecular weight is 807 g/mol. The van der Waals surface area contributed by atoms with Gasteiger partial charge in [-0.2, -0.15) is 0 Å². The molecule has 5 aromatic carbocycles. The molecule has 58 heavy (non-hydrogen) atoms. The van der Waals surface area contributed by atoms with Gasteiger partial charge in [-0.3, -0.25) is 4.79 Å². The molecule has 0 aromatic heterocycles. The van der Waals surface area contributed by atoms with Crippen molar-refractivity contribution >= 4 is 34.1 Å². The normalized spacial score (nSPS) is 12.0. The molecule has 3 amide bonds. The summed E-state index contributed by atoms with van der Waals surface area (Å²) < 4.78 is 45.1. The monoisotopic (exact) mass is 806 g/mol. The number of nitrogens with one attached hydrogen (secondary N) is 4. The third kappa shape index (κ3) is 14.5. The largest absolute Gasteiger partial charge is 0.467 e. The highest BCUT2D eigenvalue weighted by atomic mass is 32.2. The van der Waals surface area contributed by atoms with E-state index in [-0.39, 0.29) is 44.9 Å². The van der Waals surface area contributed by atoms with Crippen molar-refractivity contribution in [2.45, 2.75) is 57.0 Å². The van der Waals surface area contributed by atoms with Gasteiger partial charge < -0.3 is 30.2 Å². The molecule has 5 rings (SSSR count). The maximum Gasteiger partial charge on any atom is 0.407 e. The van der Waals surface area contributed by atoms with Crippen LogP contribution < -0.4 is 20.7 Å². The summed E-state index contributed by atoms with van der Waals surface area (Å²) in [7, 11) is -2.87. The molecule has 14 heteroatoms. The van der Waals surface area contributed by atoms with Gasteiger partial charge in [-0.25, -0.2) is 27.5 Å².